The Kier molecular flexibility index (Phi) is 5.03. The van der Waals surface area contributed by atoms with Crippen LogP contribution in [0.1, 0.15) is 12.8 Å². The Morgan fingerprint density at radius 2 is 1.97 bits per heavy atom. The van der Waals surface area contributed by atoms with E-state index in [0.29, 0.717) is 12.2 Å². The summed E-state index contributed by atoms with van der Waals surface area (Å²) >= 11 is 0. The van der Waals surface area contributed by atoms with Gasteiger partial charge < -0.3 is 10.2 Å². The molecule has 8 heteroatoms. The summed E-state index contributed by atoms with van der Waals surface area (Å²) in [5.74, 6) is 0.321. The molecule has 2 aromatic heterocycles. The highest BCUT2D eigenvalue weighted by molar-refractivity contribution is 5.95. The highest BCUT2D eigenvalue weighted by Gasteiger charge is 2.27. The lowest BCUT2D eigenvalue weighted by atomic mass is 9.97. The number of H-pyrrole nitrogens is 1. The molecular formula is C23H21FN6O. The van der Waals surface area contributed by atoms with Crippen LogP contribution >= 0.6 is 0 Å². The zero-order chi connectivity index (χ0) is 21.2. The fraction of sp³-hybridized carbons (Fsp3) is 0.217. The molecule has 2 aromatic carbocycles. The number of carbonyl (C=O) groups is 1. The van der Waals surface area contributed by atoms with Crippen LogP contribution in [-0.2, 0) is 4.79 Å². The Morgan fingerprint density at radius 1 is 1.10 bits per heavy atom. The number of aromatic amines is 1. The SMILES string of the molecule is O=C(Nc1ccc2cn[nH]c2c1)C1CCCN(c2ccc(-c3ccc(F)cc3)nn2)C1. The van der Waals surface area contributed by atoms with E-state index in [1.165, 1.54) is 12.1 Å². The molecule has 156 valence electrons. The van der Waals surface area contributed by atoms with Crippen LogP contribution in [0.15, 0.2) is 60.8 Å². The Morgan fingerprint density at radius 3 is 2.77 bits per heavy atom. The number of halogens is 1. The third kappa shape index (κ3) is 4.09. The number of piperidine rings is 1. The monoisotopic (exact) mass is 416 g/mol. The number of nitrogens with zero attached hydrogens (tertiary/aromatic N) is 4. The van der Waals surface area contributed by atoms with Crippen LogP contribution in [0.4, 0.5) is 15.9 Å². The summed E-state index contributed by atoms with van der Waals surface area (Å²) in [6, 6.07) is 15.7. The predicted molar refractivity (Wildman–Crippen MR) is 117 cm³/mol. The number of carbonyl (C=O) groups excluding carboxylic acids is 1. The molecule has 5 rings (SSSR count). The van der Waals surface area contributed by atoms with E-state index in [2.05, 4.69) is 30.6 Å². The molecule has 4 aromatic rings. The van der Waals surface area contributed by atoms with Crippen molar-refractivity contribution in [2.75, 3.05) is 23.3 Å². The molecule has 1 amide bonds. The van der Waals surface area contributed by atoms with Gasteiger partial charge in [-0.2, -0.15) is 5.10 Å². The van der Waals surface area contributed by atoms with Crippen molar-refractivity contribution in [1.29, 1.82) is 0 Å². The fourth-order valence-electron chi connectivity index (χ4n) is 3.93. The quantitative estimate of drug-likeness (QED) is 0.525. The average Bonchev–Trinajstić information content (AvgIpc) is 3.28. The second kappa shape index (κ2) is 8.14. The van der Waals surface area contributed by atoms with Gasteiger partial charge in [0.2, 0.25) is 5.91 Å². The first-order chi connectivity index (χ1) is 15.2. The number of fused-ring (bicyclic) bond motifs is 1. The Hall–Kier alpha value is -3.81. The molecule has 0 aliphatic carbocycles. The normalized spacial score (nSPS) is 16.4. The molecule has 0 radical (unpaired) electrons. The van der Waals surface area contributed by atoms with Crippen molar-refractivity contribution in [3.63, 3.8) is 0 Å². The van der Waals surface area contributed by atoms with E-state index in [0.717, 1.165) is 47.4 Å². The van der Waals surface area contributed by atoms with E-state index in [1.54, 1.807) is 18.3 Å². The molecule has 1 fully saturated rings. The topological polar surface area (TPSA) is 86.8 Å². The van der Waals surface area contributed by atoms with Crippen molar-refractivity contribution < 1.29 is 9.18 Å². The minimum atomic E-state index is -0.282. The van der Waals surface area contributed by atoms with Gasteiger partial charge in [-0.1, -0.05) is 0 Å². The number of hydrogen-bond donors (Lipinski definition) is 2. The summed E-state index contributed by atoms with van der Waals surface area (Å²) < 4.78 is 13.1. The van der Waals surface area contributed by atoms with Crippen molar-refractivity contribution >= 4 is 28.3 Å². The number of anilines is 2. The molecule has 0 spiro atoms. The van der Waals surface area contributed by atoms with E-state index in [9.17, 15) is 9.18 Å². The summed E-state index contributed by atoms with van der Waals surface area (Å²) in [6.07, 6.45) is 3.48. The highest BCUT2D eigenvalue weighted by atomic mass is 19.1. The number of benzene rings is 2. The van der Waals surface area contributed by atoms with Gasteiger partial charge in [-0.3, -0.25) is 9.89 Å². The molecule has 1 unspecified atom stereocenters. The summed E-state index contributed by atoms with van der Waals surface area (Å²) in [6.45, 7) is 1.41. The number of nitrogens with one attached hydrogen (secondary N) is 2. The molecule has 0 saturated carbocycles. The summed E-state index contributed by atoms with van der Waals surface area (Å²) in [4.78, 5) is 14.9. The first kappa shape index (κ1) is 19.2. The summed E-state index contributed by atoms with van der Waals surface area (Å²) in [7, 11) is 0. The van der Waals surface area contributed by atoms with Crippen LogP contribution in [0.2, 0.25) is 0 Å². The maximum atomic E-state index is 13.1. The van der Waals surface area contributed by atoms with Crippen LogP contribution in [0.25, 0.3) is 22.2 Å². The second-order valence-corrected chi connectivity index (χ2v) is 7.73. The van der Waals surface area contributed by atoms with Gasteiger partial charge in [-0.25, -0.2) is 4.39 Å². The maximum Gasteiger partial charge on any atom is 0.229 e. The van der Waals surface area contributed by atoms with Crippen LogP contribution in [-0.4, -0.2) is 39.4 Å². The lowest BCUT2D eigenvalue weighted by Gasteiger charge is -2.32. The molecule has 7 nitrogen and oxygen atoms in total. The van der Waals surface area contributed by atoms with E-state index in [-0.39, 0.29) is 17.6 Å². The third-order valence-electron chi connectivity index (χ3n) is 5.62. The summed E-state index contributed by atoms with van der Waals surface area (Å²) in [5.41, 5.74) is 3.14. The number of amides is 1. The number of rotatable bonds is 4. The summed E-state index contributed by atoms with van der Waals surface area (Å²) in [5, 5.41) is 19.6. The Labute approximate surface area is 178 Å². The minimum absolute atomic E-state index is 0.000503. The van der Waals surface area contributed by atoms with Crippen molar-refractivity contribution in [3.05, 3.63) is 66.6 Å². The molecule has 3 heterocycles. The van der Waals surface area contributed by atoms with Crippen LogP contribution < -0.4 is 10.2 Å². The van der Waals surface area contributed by atoms with E-state index in [1.807, 2.05) is 30.3 Å². The van der Waals surface area contributed by atoms with Crippen LogP contribution in [0.3, 0.4) is 0 Å². The zero-order valence-corrected chi connectivity index (χ0v) is 16.8. The van der Waals surface area contributed by atoms with Crippen molar-refractivity contribution in [1.82, 2.24) is 20.4 Å². The van der Waals surface area contributed by atoms with Gasteiger partial charge >= 0.3 is 0 Å². The van der Waals surface area contributed by atoms with Crippen molar-refractivity contribution in [3.8, 4) is 11.3 Å². The molecule has 1 aliphatic rings. The van der Waals surface area contributed by atoms with Gasteiger partial charge in [-0.15, -0.1) is 10.2 Å². The van der Waals surface area contributed by atoms with Gasteiger partial charge in [0.05, 0.1) is 23.3 Å². The lowest BCUT2D eigenvalue weighted by Crippen LogP contribution is -2.41. The molecule has 1 saturated heterocycles. The average molecular weight is 416 g/mol. The molecule has 31 heavy (non-hydrogen) atoms. The van der Waals surface area contributed by atoms with E-state index >= 15 is 0 Å². The van der Waals surface area contributed by atoms with Gasteiger partial charge in [0.1, 0.15) is 5.82 Å². The molecule has 1 aliphatic heterocycles. The highest BCUT2D eigenvalue weighted by Crippen LogP contribution is 2.25. The van der Waals surface area contributed by atoms with Gasteiger partial charge in [0, 0.05) is 29.7 Å². The largest absolute Gasteiger partial charge is 0.354 e. The molecular weight excluding hydrogens is 395 g/mol. The Balaban J connectivity index is 1.26. The van der Waals surface area contributed by atoms with Gasteiger partial charge in [-0.05, 0) is 67.4 Å². The molecule has 2 N–H and O–H groups in total. The van der Waals surface area contributed by atoms with Crippen molar-refractivity contribution in [2.24, 2.45) is 5.92 Å². The van der Waals surface area contributed by atoms with Crippen LogP contribution in [0.5, 0.6) is 0 Å². The van der Waals surface area contributed by atoms with E-state index in [4.69, 9.17) is 0 Å². The Bertz CT molecular complexity index is 1200. The first-order valence-corrected chi connectivity index (χ1v) is 10.2. The third-order valence-corrected chi connectivity index (χ3v) is 5.62. The maximum absolute atomic E-state index is 13.1. The van der Waals surface area contributed by atoms with E-state index < -0.39 is 0 Å². The van der Waals surface area contributed by atoms with Crippen LogP contribution in [0, 0.1) is 11.7 Å². The second-order valence-electron chi connectivity index (χ2n) is 7.73. The first-order valence-electron chi connectivity index (χ1n) is 10.2. The molecule has 1 atom stereocenters. The zero-order valence-electron chi connectivity index (χ0n) is 16.8. The minimum Gasteiger partial charge on any atom is -0.354 e. The standard InChI is InChI=1S/C23H21FN6O/c24-18-6-3-15(4-7-18)20-9-10-22(29-28-20)30-11-1-2-17(14-30)23(31)26-19-8-5-16-13-25-27-21(16)12-19/h3-10,12-13,17H,1-2,11,14H2,(H,25,27)(H,26,31). The van der Waals surface area contributed by atoms with Gasteiger partial charge in [0.15, 0.2) is 5.82 Å². The fourth-order valence-corrected chi connectivity index (χ4v) is 3.93. The lowest BCUT2D eigenvalue weighted by molar-refractivity contribution is -0.120. The smallest absolute Gasteiger partial charge is 0.229 e. The van der Waals surface area contributed by atoms with Crippen molar-refractivity contribution in [2.45, 2.75) is 12.8 Å². The predicted octanol–water partition coefficient (Wildman–Crippen LogP) is 4.01. The number of hydrogen-bond acceptors (Lipinski definition) is 5. The molecule has 0 bridgehead atoms. The van der Waals surface area contributed by atoms with Gasteiger partial charge in [0.25, 0.3) is 0 Å². The number of aromatic nitrogens is 4.